The van der Waals surface area contributed by atoms with Crippen molar-refractivity contribution in [3.63, 3.8) is 0 Å². The van der Waals surface area contributed by atoms with E-state index in [0.717, 1.165) is 15.6 Å². The van der Waals surface area contributed by atoms with Crippen LogP contribution >= 0.6 is 27.7 Å². The summed E-state index contributed by atoms with van der Waals surface area (Å²) in [5, 5.41) is 4.39. The number of rotatable bonds is 5. The first kappa shape index (κ1) is 15.8. The Bertz CT molecular complexity index is 813. The summed E-state index contributed by atoms with van der Waals surface area (Å²) in [7, 11) is 0. The van der Waals surface area contributed by atoms with E-state index < -0.39 is 0 Å². The highest BCUT2D eigenvalue weighted by Gasteiger charge is 2.08. The third kappa shape index (κ3) is 4.43. The average molecular weight is 390 g/mol. The van der Waals surface area contributed by atoms with Gasteiger partial charge in [0.15, 0.2) is 5.58 Å². The Morgan fingerprint density at radius 3 is 2.83 bits per heavy atom. The number of aromatic nitrogens is 1. The maximum Gasteiger partial charge on any atom is 0.257 e. The van der Waals surface area contributed by atoms with E-state index in [-0.39, 0.29) is 11.7 Å². The van der Waals surface area contributed by atoms with Crippen molar-refractivity contribution >= 4 is 50.9 Å². The topological polar surface area (TPSA) is 67.5 Å². The van der Waals surface area contributed by atoms with E-state index in [4.69, 9.17) is 4.42 Å². The van der Waals surface area contributed by atoms with E-state index in [9.17, 15) is 4.79 Å². The number of carbonyl (C=O) groups is 1. The van der Waals surface area contributed by atoms with Crippen LogP contribution in [0.25, 0.3) is 11.1 Å². The first-order chi connectivity index (χ1) is 11.2. The Morgan fingerprint density at radius 1 is 1.26 bits per heavy atom. The van der Waals surface area contributed by atoms with Gasteiger partial charge in [-0.05, 0) is 29.8 Å². The molecule has 0 aliphatic carbocycles. The number of thioether (sulfide) groups is 1. The summed E-state index contributed by atoms with van der Waals surface area (Å²) in [6.07, 6.45) is 1.59. The van der Waals surface area contributed by atoms with Gasteiger partial charge >= 0.3 is 0 Å². The minimum Gasteiger partial charge on any atom is -0.431 e. The van der Waals surface area contributed by atoms with Crippen molar-refractivity contribution in [3.05, 3.63) is 58.6 Å². The lowest BCUT2D eigenvalue weighted by atomic mass is 10.2. The quantitative estimate of drug-likeness (QED) is 0.409. The molecule has 0 unspecified atom stereocenters. The lowest BCUT2D eigenvalue weighted by Crippen LogP contribution is -2.19. The number of nitrogens with zero attached hydrogens (tertiary/aromatic N) is 2. The molecule has 7 heteroatoms. The number of oxazole rings is 1. The molecule has 0 aliphatic heterocycles. The van der Waals surface area contributed by atoms with Gasteiger partial charge in [-0.25, -0.2) is 10.4 Å². The molecule has 0 radical (unpaired) electrons. The van der Waals surface area contributed by atoms with Gasteiger partial charge < -0.3 is 4.42 Å². The fourth-order valence-corrected chi connectivity index (χ4v) is 2.70. The molecule has 1 amide bonds. The monoisotopic (exact) mass is 389 g/mol. The maximum atomic E-state index is 11.8. The third-order valence-electron chi connectivity index (χ3n) is 2.87. The predicted molar refractivity (Wildman–Crippen MR) is 94.6 cm³/mol. The van der Waals surface area contributed by atoms with E-state index in [1.807, 2.05) is 48.5 Å². The second-order valence-electron chi connectivity index (χ2n) is 4.58. The summed E-state index contributed by atoms with van der Waals surface area (Å²) in [6, 6.07) is 15.1. The van der Waals surface area contributed by atoms with Gasteiger partial charge in [0.05, 0.1) is 12.0 Å². The molecule has 2 aromatic carbocycles. The molecule has 1 heterocycles. The zero-order valence-electron chi connectivity index (χ0n) is 11.9. The Balaban J connectivity index is 1.50. The molecule has 5 nitrogen and oxygen atoms in total. The van der Waals surface area contributed by atoms with Crippen LogP contribution in [0.15, 0.2) is 67.7 Å². The molecular formula is C16H12BrN3O2S. The fourth-order valence-electron chi connectivity index (χ4n) is 1.80. The fraction of sp³-hybridized carbons (Fsp3) is 0.0625. The Morgan fingerprint density at radius 2 is 2.04 bits per heavy atom. The van der Waals surface area contributed by atoms with Crippen molar-refractivity contribution in [2.45, 2.75) is 5.22 Å². The lowest BCUT2D eigenvalue weighted by Gasteiger charge is -1.97. The molecule has 1 aromatic heterocycles. The number of hydrogen-bond donors (Lipinski definition) is 1. The van der Waals surface area contributed by atoms with Crippen molar-refractivity contribution < 1.29 is 9.21 Å². The molecule has 0 fully saturated rings. The Kier molecular flexibility index (Phi) is 5.09. The summed E-state index contributed by atoms with van der Waals surface area (Å²) in [5.74, 6) is -0.0320. The second kappa shape index (κ2) is 7.43. The summed E-state index contributed by atoms with van der Waals surface area (Å²) in [5.41, 5.74) is 4.87. The molecule has 0 saturated carbocycles. The average Bonchev–Trinajstić information content (AvgIpc) is 2.98. The number of hydrazone groups is 1. The van der Waals surface area contributed by atoms with Gasteiger partial charge in [0, 0.05) is 4.47 Å². The highest BCUT2D eigenvalue weighted by Crippen LogP contribution is 2.22. The number of nitrogens with one attached hydrogen (secondary N) is 1. The number of para-hydroxylation sites is 2. The van der Waals surface area contributed by atoms with Crippen molar-refractivity contribution in [1.29, 1.82) is 0 Å². The van der Waals surface area contributed by atoms with Crippen LogP contribution in [-0.2, 0) is 4.79 Å². The van der Waals surface area contributed by atoms with Gasteiger partial charge in [-0.3, -0.25) is 4.79 Å². The van der Waals surface area contributed by atoms with Gasteiger partial charge in [0.2, 0.25) is 0 Å². The predicted octanol–water partition coefficient (Wildman–Crippen LogP) is 3.83. The van der Waals surface area contributed by atoms with Crippen molar-refractivity contribution in [3.8, 4) is 0 Å². The Labute approximate surface area is 145 Å². The van der Waals surface area contributed by atoms with Gasteiger partial charge in [-0.2, -0.15) is 5.10 Å². The standard InChI is InChI=1S/C16H12BrN3O2S/c17-12-7-5-11(6-8-12)9-18-20-15(21)10-23-16-19-13-3-1-2-4-14(13)22-16/h1-9H,10H2,(H,20,21)/b18-9-. The number of halogens is 1. The summed E-state index contributed by atoms with van der Waals surface area (Å²) >= 11 is 4.59. The van der Waals surface area contributed by atoms with Gasteiger partial charge in [0.25, 0.3) is 11.1 Å². The van der Waals surface area contributed by atoms with Crippen LogP contribution in [0, 0.1) is 0 Å². The molecule has 116 valence electrons. The molecule has 0 saturated heterocycles. The zero-order chi connectivity index (χ0) is 16.1. The normalized spacial score (nSPS) is 11.2. The van der Waals surface area contributed by atoms with Crippen LogP contribution in [0.1, 0.15) is 5.56 Å². The number of benzene rings is 2. The summed E-state index contributed by atoms with van der Waals surface area (Å²) < 4.78 is 6.53. The van der Waals surface area contributed by atoms with Crippen LogP contribution in [0.4, 0.5) is 0 Å². The van der Waals surface area contributed by atoms with E-state index in [1.165, 1.54) is 11.8 Å². The molecule has 23 heavy (non-hydrogen) atoms. The highest BCUT2D eigenvalue weighted by atomic mass is 79.9. The van der Waals surface area contributed by atoms with Crippen molar-refractivity contribution in [2.24, 2.45) is 5.10 Å². The minimum atomic E-state index is -0.217. The van der Waals surface area contributed by atoms with Gasteiger partial charge in [0.1, 0.15) is 5.52 Å². The third-order valence-corrected chi connectivity index (χ3v) is 4.23. The molecule has 3 rings (SSSR count). The largest absolute Gasteiger partial charge is 0.431 e. The van der Waals surface area contributed by atoms with Crippen LogP contribution in [0.5, 0.6) is 0 Å². The van der Waals surface area contributed by atoms with Crippen LogP contribution in [0.3, 0.4) is 0 Å². The molecular weight excluding hydrogens is 378 g/mol. The SMILES string of the molecule is O=C(CSc1nc2ccccc2o1)N/N=C\c1ccc(Br)cc1. The number of carbonyl (C=O) groups excluding carboxylic acids is 1. The molecule has 0 bridgehead atoms. The lowest BCUT2D eigenvalue weighted by molar-refractivity contribution is -0.118. The zero-order valence-corrected chi connectivity index (χ0v) is 14.3. The maximum absolute atomic E-state index is 11.8. The number of hydrogen-bond acceptors (Lipinski definition) is 5. The first-order valence-electron chi connectivity index (χ1n) is 6.76. The minimum absolute atomic E-state index is 0.185. The van der Waals surface area contributed by atoms with Crippen molar-refractivity contribution in [2.75, 3.05) is 5.75 Å². The number of fused-ring (bicyclic) bond motifs is 1. The Hall–Kier alpha value is -2.12. The first-order valence-corrected chi connectivity index (χ1v) is 8.54. The van der Waals surface area contributed by atoms with Crippen LogP contribution < -0.4 is 5.43 Å². The van der Waals surface area contributed by atoms with Crippen LogP contribution in [-0.4, -0.2) is 22.9 Å². The molecule has 0 spiro atoms. The molecule has 0 atom stereocenters. The van der Waals surface area contributed by atoms with Gasteiger partial charge in [-0.1, -0.05) is 52.0 Å². The smallest absolute Gasteiger partial charge is 0.257 e. The molecule has 3 aromatic rings. The summed E-state index contributed by atoms with van der Waals surface area (Å²) in [6.45, 7) is 0. The van der Waals surface area contributed by atoms with Crippen LogP contribution in [0.2, 0.25) is 0 Å². The van der Waals surface area contributed by atoms with E-state index >= 15 is 0 Å². The van der Waals surface area contributed by atoms with E-state index in [0.29, 0.717) is 10.8 Å². The highest BCUT2D eigenvalue weighted by molar-refractivity contribution is 9.10. The van der Waals surface area contributed by atoms with Crippen molar-refractivity contribution in [1.82, 2.24) is 10.4 Å². The molecule has 0 aliphatic rings. The second-order valence-corrected chi connectivity index (χ2v) is 6.42. The summed E-state index contributed by atoms with van der Waals surface area (Å²) in [4.78, 5) is 16.0. The number of amides is 1. The van der Waals surface area contributed by atoms with E-state index in [2.05, 4.69) is 31.4 Å². The van der Waals surface area contributed by atoms with Gasteiger partial charge in [-0.15, -0.1) is 0 Å². The van der Waals surface area contributed by atoms with E-state index in [1.54, 1.807) is 6.21 Å². The molecule has 1 N–H and O–H groups in total.